The van der Waals surface area contributed by atoms with E-state index in [0.717, 1.165) is 10.5 Å². The van der Waals surface area contributed by atoms with Gasteiger partial charge in [-0.15, -0.1) is 0 Å². The van der Waals surface area contributed by atoms with Crippen LogP contribution in [0, 0.1) is 0 Å². The second kappa shape index (κ2) is 8.10. The van der Waals surface area contributed by atoms with Crippen molar-refractivity contribution >= 4 is 29.3 Å². The molecular weight excluding hydrogens is 382 g/mol. The van der Waals surface area contributed by atoms with Gasteiger partial charge in [0, 0.05) is 11.3 Å². The number of carbonyl (C=O) groups excluding carboxylic acids is 4. The molecule has 1 aliphatic heterocycles. The van der Waals surface area contributed by atoms with E-state index in [0.29, 0.717) is 22.7 Å². The van der Waals surface area contributed by atoms with Crippen LogP contribution in [-0.4, -0.2) is 35.1 Å². The molecule has 0 unspecified atom stereocenters. The molecule has 0 bridgehead atoms. The lowest BCUT2D eigenvalue weighted by Crippen LogP contribution is -2.42. The van der Waals surface area contributed by atoms with Gasteiger partial charge in [0.15, 0.2) is 5.78 Å². The standard InChI is InChI=1S/C23H25N3O4/c1-14(2)16-5-9-18(10-6-16)23(4)21(29)26(22(30)25-23)13-20(28)24-19-11-7-17(8-12-19)15(3)27/h5-12,14H,13H2,1-4H3,(H,24,28)(H,25,30)/t23-/m0/s1. The first-order valence-corrected chi connectivity index (χ1v) is 9.77. The fourth-order valence-corrected chi connectivity index (χ4v) is 3.37. The van der Waals surface area contributed by atoms with Crippen molar-refractivity contribution in [2.24, 2.45) is 0 Å². The molecule has 2 aromatic rings. The number of benzene rings is 2. The molecule has 4 amide bonds. The number of nitrogens with one attached hydrogen (secondary N) is 2. The molecule has 1 saturated heterocycles. The van der Waals surface area contributed by atoms with Gasteiger partial charge >= 0.3 is 6.03 Å². The Labute approximate surface area is 175 Å². The normalized spacial score (nSPS) is 18.5. The predicted molar refractivity (Wildman–Crippen MR) is 113 cm³/mol. The molecule has 3 rings (SSSR count). The van der Waals surface area contributed by atoms with Crippen molar-refractivity contribution in [1.82, 2.24) is 10.2 Å². The van der Waals surface area contributed by atoms with E-state index in [1.807, 2.05) is 24.3 Å². The molecule has 7 heteroatoms. The summed E-state index contributed by atoms with van der Waals surface area (Å²) in [5.41, 5.74) is 1.57. The number of urea groups is 1. The molecule has 1 heterocycles. The maximum Gasteiger partial charge on any atom is 0.325 e. The van der Waals surface area contributed by atoms with Crippen LogP contribution in [-0.2, 0) is 15.1 Å². The second-order valence-corrected chi connectivity index (χ2v) is 7.90. The van der Waals surface area contributed by atoms with E-state index >= 15 is 0 Å². The van der Waals surface area contributed by atoms with Gasteiger partial charge in [-0.05, 0) is 55.2 Å². The zero-order valence-corrected chi connectivity index (χ0v) is 17.5. The molecule has 0 aromatic heterocycles. The highest BCUT2D eigenvalue weighted by molar-refractivity contribution is 6.10. The quantitative estimate of drug-likeness (QED) is 0.567. The van der Waals surface area contributed by atoms with Crippen LogP contribution in [0.15, 0.2) is 48.5 Å². The van der Waals surface area contributed by atoms with Crippen LogP contribution in [0.3, 0.4) is 0 Å². The second-order valence-electron chi connectivity index (χ2n) is 7.90. The summed E-state index contributed by atoms with van der Waals surface area (Å²) in [6.45, 7) is 6.84. The summed E-state index contributed by atoms with van der Waals surface area (Å²) in [5.74, 6) is -0.710. The summed E-state index contributed by atoms with van der Waals surface area (Å²) in [6.07, 6.45) is 0. The predicted octanol–water partition coefficient (Wildman–Crippen LogP) is 3.42. The van der Waals surface area contributed by atoms with E-state index in [-0.39, 0.29) is 5.78 Å². The minimum Gasteiger partial charge on any atom is -0.325 e. The Balaban J connectivity index is 1.71. The number of anilines is 1. The number of nitrogens with zero attached hydrogens (tertiary/aromatic N) is 1. The smallest absolute Gasteiger partial charge is 0.325 e. The molecule has 0 aliphatic carbocycles. The van der Waals surface area contributed by atoms with E-state index in [9.17, 15) is 19.2 Å². The molecule has 1 atom stereocenters. The van der Waals surface area contributed by atoms with Gasteiger partial charge in [0.1, 0.15) is 12.1 Å². The molecule has 156 valence electrons. The summed E-state index contributed by atoms with van der Waals surface area (Å²) in [7, 11) is 0. The van der Waals surface area contributed by atoms with Gasteiger partial charge in [0.05, 0.1) is 0 Å². The zero-order valence-electron chi connectivity index (χ0n) is 17.5. The van der Waals surface area contributed by atoms with Gasteiger partial charge in [0.25, 0.3) is 5.91 Å². The number of imide groups is 1. The Morgan fingerprint density at radius 2 is 1.63 bits per heavy atom. The minimum atomic E-state index is -1.23. The zero-order chi connectivity index (χ0) is 22.1. The largest absolute Gasteiger partial charge is 0.325 e. The van der Waals surface area contributed by atoms with Gasteiger partial charge in [0.2, 0.25) is 5.91 Å². The Bertz CT molecular complexity index is 996. The third-order valence-electron chi connectivity index (χ3n) is 5.31. The molecule has 0 radical (unpaired) electrons. The van der Waals surface area contributed by atoms with Gasteiger partial charge in [-0.1, -0.05) is 38.1 Å². The number of rotatable bonds is 6. The van der Waals surface area contributed by atoms with Crippen molar-refractivity contribution in [3.05, 3.63) is 65.2 Å². The van der Waals surface area contributed by atoms with Crippen LogP contribution in [0.4, 0.5) is 10.5 Å². The molecule has 1 aliphatic rings. The van der Waals surface area contributed by atoms with Gasteiger partial charge < -0.3 is 10.6 Å². The van der Waals surface area contributed by atoms with E-state index in [4.69, 9.17) is 0 Å². The number of carbonyl (C=O) groups is 4. The molecule has 2 aromatic carbocycles. The number of hydrogen-bond donors (Lipinski definition) is 2. The van der Waals surface area contributed by atoms with Crippen molar-refractivity contribution in [3.63, 3.8) is 0 Å². The van der Waals surface area contributed by atoms with Crippen LogP contribution in [0.25, 0.3) is 0 Å². The fourth-order valence-electron chi connectivity index (χ4n) is 3.37. The lowest BCUT2D eigenvalue weighted by atomic mass is 9.90. The van der Waals surface area contributed by atoms with Crippen molar-refractivity contribution < 1.29 is 19.2 Å². The highest BCUT2D eigenvalue weighted by Gasteiger charge is 2.49. The van der Waals surface area contributed by atoms with Crippen molar-refractivity contribution in [3.8, 4) is 0 Å². The van der Waals surface area contributed by atoms with Crippen LogP contribution in [0.2, 0.25) is 0 Å². The van der Waals surface area contributed by atoms with Gasteiger partial charge in [-0.25, -0.2) is 4.79 Å². The minimum absolute atomic E-state index is 0.0760. The first-order valence-electron chi connectivity index (χ1n) is 9.77. The van der Waals surface area contributed by atoms with E-state index in [2.05, 4.69) is 24.5 Å². The molecule has 0 saturated carbocycles. The van der Waals surface area contributed by atoms with Crippen LogP contribution in [0.5, 0.6) is 0 Å². The number of hydrogen-bond acceptors (Lipinski definition) is 4. The van der Waals surface area contributed by atoms with E-state index in [1.165, 1.54) is 6.92 Å². The summed E-state index contributed by atoms with van der Waals surface area (Å²) in [5, 5.41) is 5.34. The Kier molecular flexibility index (Phi) is 5.73. The summed E-state index contributed by atoms with van der Waals surface area (Å²) in [6, 6.07) is 13.3. The summed E-state index contributed by atoms with van der Waals surface area (Å²) < 4.78 is 0. The monoisotopic (exact) mass is 407 g/mol. The van der Waals surface area contributed by atoms with Crippen LogP contribution in [0.1, 0.15) is 55.1 Å². The van der Waals surface area contributed by atoms with Crippen molar-refractivity contribution in [2.75, 3.05) is 11.9 Å². The molecule has 30 heavy (non-hydrogen) atoms. The van der Waals surface area contributed by atoms with Crippen LogP contribution >= 0.6 is 0 Å². The average Bonchev–Trinajstić information content (AvgIpc) is 2.92. The molecule has 7 nitrogen and oxygen atoms in total. The molecule has 2 N–H and O–H groups in total. The SMILES string of the molecule is CC(=O)c1ccc(NC(=O)CN2C(=O)N[C@@](C)(c3ccc(C(C)C)cc3)C2=O)cc1. The first-order chi connectivity index (χ1) is 14.1. The molecular formula is C23H25N3O4. The third-order valence-corrected chi connectivity index (χ3v) is 5.31. The lowest BCUT2D eigenvalue weighted by molar-refractivity contribution is -0.133. The first kappa shape index (κ1) is 21.2. The fraction of sp³-hybridized carbons (Fsp3) is 0.304. The van der Waals surface area contributed by atoms with Gasteiger partial charge in [-0.2, -0.15) is 0 Å². The Morgan fingerprint density at radius 1 is 1.03 bits per heavy atom. The third kappa shape index (κ3) is 4.10. The number of amides is 4. The van der Waals surface area contributed by atoms with Crippen molar-refractivity contribution in [2.45, 2.75) is 39.2 Å². The van der Waals surface area contributed by atoms with Crippen LogP contribution < -0.4 is 10.6 Å². The Morgan fingerprint density at radius 3 is 2.17 bits per heavy atom. The number of ketones is 1. The molecule has 0 spiro atoms. The average molecular weight is 407 g/mol. The lowest BCUT2D eigenvalue weighted by Gasteiger charge is -2.22. The maximum absolute atomic E-state index is 13.0. The molecule has 1 fully saturated rings. The van der Waals surface area contributed by atoms with Gasteiger partial charge in [-0.3, -0.25) is 19.3 Å². The van der Waals surface area contributed by atoms with E-state index in [1.54, 1.807) is 31.2 Å². The number of Topliss-reactive ketones (excluding diaryl/α,β-unsaturated/α-hetero) is 1. The van der Waals surface area contributed by atoms with Crippen molar-refractivity contribution in [1.29, 1.82) is 0 Å². The highest BCUT2D eigenvalue weighted by atomic mass is 16.2. The highest BCUT2D eigenvalue weighted by Crippen LogP contribution is 2.30. The summed E-state index contributed by atoms with van der Waals surface area (Å²) in [4.78, 5) is 50.1. The Hall–Kier alpha value is -3.48. The maximum atomic E-state index is 13.0. The van der Waals surface area contributed by atoms with E-state index < -0.39 is 29.9 Å². The topological polar surface area (TPSA) is 95.6 Å². The summed E-state index contributed by atoms with van der Waals surface area (Å²) >= 11 is 0.